The van der Waals surface area contributed by atoms with Gasteiger partial charge in [0.05, 0.1) is 27.4 Å². The van der Waals surface area contributed by atoms with E-state index < -0.39 is 0 Å². The topological polar surface area (TPSA) is 58.6 Å². The van der Waals surface area contributed by atoms with Crippen LogP contribution in [-0.2, 0) is 17.7 Å². The lowest BCUT2D eigenvalue weighted by molar-refractivity contribution is 0.115. The summed E-state index contributed by atoms with van der Waals surface area (Å²) in [6.07, 6.45) is 3.69. The average Bonchev–Trinajstić information content (AvgIpc) is 3.59. The van der Waals surface area contributed by atoms with Crippen LogP contribution in [0.1, 0.15) is 30.9 Å². The average molecular weight is 546 g/mol. The molecule has 1 aliphatic carbocycles. The minimum absolute atomic E-state index is 0. The summed E-state index contributed by atoms with van der Waals surface area (Å²) in [4.78, 5) is 9.46. The van der Waals surface area contributed by atoms with Crippen LogP contribution in [0.2, 0.25) is 0 Å². The lowest BCUT2D eigenvalue weighted by Crippen LogP contribution is -2.41. The molecule has 1 aromatic rings. The Labute approximate surface area is 204 Å². The van der Waals surface area contributed by atoms with E-state index >= 15 is 0 Å². The Morgan fingerprint density at radius 3 is 2.55 bits per heavy atom. The first-order valence-electron chi connectivity index (χ1n) is 11.2. The maximum absolute atomic E-state index is 5.77. The highest BCUT2D eigenvalue weighted by molar-refractivity contribution is 14.0. The van der Waals surface area contributed by atoms with Crippen LogP contribution in [0.4, 0.5) is 0 Å². The van der Waals surface area contributed by atoms with Crippen molar-refractivity contribution in [1.82, 2.24) is 15.1 Å². The smallest absolute Gasteiger partial charge is 0.193 e. The normalized spacial score (nSPS) is 16.3. The number of hydrogen-bond acceptors (Lipinski definition) is 5. The van der Waals surface area contributed by atoms with Crippen LogP contribution in [0.5, 0.6) is 11.5 Å². The molecule has 0 amide bonds. The molecule has 1 fully saturated rings. The zero-order valence-electron chi connectivity index (χ0n) is 19.5. The second kappa shape index (κ2) is 13.3. The van der Waals surface area contributed by atoms with Crippen molar-refractivity contribution in [2.24, 2.45) is 10.9 Å². The third-order valence-corrected chi connectivity index (χ3v) is 5.79. The maximum Gasteiger partial charge on any atom is 0.193 e. The van der Waals surface area contributed by atoms with Crippen molar-refractivity contribution in [3.63, 3.8) is 0 Å². The summed E-state index contributed by atoms with van der Waals surface area (Å²) in [6, 6.07) is 4.23. The minimum atomic E-state index is 0. The molecule has 2 aliphatic rings. The molecule has 176 valence electrons. The molecule has 1 aromatic carbocycles. The summed E-state index contributed by atoms with van der Waals surface area (Å²) in [5, 5.41) is 3.40. The highest BCUT2D eigenvalue weighted by Gasteiger charge is 2.21. The number of aliphatic imine (C=N–C) groups is 1. The molecule has 1 saturated carbocycles. The van der Waals surface area contributed by atoms with E-state index in [9.17, 15) is 0 Å². The van der Waals surface area contributed by atoms with E-state index in [2.05, 4.69) is 41.2 Å². The molecule has 1 aliphatic heterocycles. The molecule has 1 N–H and O–H groups in total. The summed E-state index contributed by atoms with van der Waals surface area (Å²) >= 11 is 0. The van der Waals surface area contributed by atoms with Crippen molar-refractivity contribution in [3.05, 3.63) is 23.3 Å². The molecule has 8 heteroatoms. The number of rotatable bonds is 11. The number of methoxy groups -OCH3 is 2. The van der Waals surface area contributed by atoms with Crippen LogP contribution in [0.15, 0.2) is 17.1 Å². The Morgan fingerprint density at radius 1 is 1.19 bits per heavy atom. The quantitative estimate of drug-likeness (QED) is 0.199. The van der Waals surface area contributed by atoms with Crippen LogP contribution in [0.3, 0.4) is 0 Å². The van der Waals surface area contributed by atoms with E-state index in [-0.39, 0.29) is 24.0 Å². The van der Waals surface area contributed by atoms with Gasteiger partial charge in [0.25, 0.3) is 0 Å². The second-order valence-electron chi connectivity index (χ2n) is 8.18. The first-order chi connectivity index (χ1) is 14.6. The zero-order chi connectivity index (χ0) is 21.3. The zero-order valence-corrected chi connectivity index (χ0v) is 21.8. The molecule has 1 heterocycles. The van der Waals surface area contributed by atoms with Gasteiger partial charge in [-0.15, -0.1) is 24.0 Å². The number of likely N-dealkylation sites (N-methyl/N-ethyl adjacent to an activating group) is 1. The third kappa shape index (κ3) is 7.98. The second-order valence-corrected chi connectivity index (χ2v) is 8.18. The van der Waals surface area contributed by atoms with Gasteiger partial charge in [-0.05, 0) is 55.4 Å². The maximum atomic E-state index is 5.77. The largest absolute Gasteiger partial charge is 0.493 e. The fraction of sp³-hybridized carbons (Fsp3) is 0.696. The standard InChI is InChI=1S/C23H38N4O3.HI/c1-5-24-23(26(2)12-13-30-17-18-6-7-18)25-9-11-27-10-8-19-14-21(28-3)22(29-4)15-20(19)16-27;/h14-15,18H,5-13,16-17H2,1-4H3,(H,24,25);1H. The van der Waals surface area contributed by atoms with Gasteiger partial charge in [0.2, 0.25) is 0 Å². The molecule has 0 bridgehead atoms. The number of nitrogens with one attached hydrogen (secondary N) is 1. The molecule has 0 atom stereocenters. The Kier molecular flexibility index (Phi) is 11.2. The molecule has 0 radical (unpaired) electrons. The first-order valence-corrected chi connectivity index (χ1v) is 11.2. The molecule has 7 nitrogen and oxygen atoms in total. The van der Waals surface area contributed by atoms with E-state index in [1.54, 1.807) is 14.2 Å². The third-order valence-electron chi connectivity index (χ3n) is 5.79. The number of ether oxygens (including phenoxy) is 3. The highest BCUT2D eigenvalue weighted by Crippen LogP contribution is 2.33. The van der Waals surface area contributed by atoms with Crippen LogP contribution in [-0.4, -0.2) is 83.0 Å². The van der Waals surface area contributed by atoms with Crippen molar-refractivity contribution in [3.8, 4) is 11.5 Å². The van der Waals surface area contributed by atoms with Gasteiger partial charge in [-0.2, -0.15) is 0 Å². The van der Waals surface area contributed by atoms with Crippen molar-refractivity contribution in [2.75, 3.05) is 67.2 Å². The highest BCUT2D eigenvalue weighted by atomic mass is 127. The number of benzene rings is 1. The predicted octanol–water partition coefficient (Wildman–Crippen LogP) is 3.00. The molecular formula is C23H39IN4O3. The summed E-state index contributed by atoms with van der Waals surface area (Å²) < 4.78 is 16.7. The number of fused-ring (bicyclic) bond motifs is 1. The first kappa shape index (κ1) is 26.0. The Balaban J connectivity index is 0.00000341. The van der Waals surface area contributed by atoms with Gasteiger partial charge in [0, 0.05) is 46.4 Å². The number of hydrogen-bond donors (Lipinski definition) is 1. The Morgan fingerprint density at radius 2 is 1.90 bits per heavy atom. The van der Waals surface area contributed by atoms with Crippen molar-refractivity contribution < 1.29 is 14.2 Å². The fourth-order valence-electron chi connectivity index (χ4n) is 3.74. The molecule has 0 aromatic heterocycles. The molecule has 0 saturated heterocycles. The number of halogens is 1. The molecule has 0 unspecified atom stereocenters. The van der Waals surface area contributed by atoms with Crippen LogP contribution in [0.25, 0.3) is 0 Å². The van der Waals surface area contributed by atoms with Gasteiger partial charge in [-0.25, -0.2) is 0 Å². The van der Waals surface area contributed by atoms with Gasteiger partial charge in [-0.3, -0.25) is 9.89 Å². The number of nitrogens with zero attached hydrogens (tertiary/aromatic N) is 3. The van der Waals surface area contributed by atoms with Gasteiger partial charge in [-0.1, -0.05) is 0 Å². The van der Waals surface area contributed by atoms with Crippen molar-refractivity contribution in [1.29, 1.82) is 0 Å². The van der Waals surface area contributed by atoms with Crippen molar-refractivity contribution >= 4 is 29.9 Å². The van der Waals surface area contributed by atoms with Gasteiger partial charge in [0.1, 0.15) is 0 Å². The van der Waals surface area contributed by atoms with E-state index in [1.165, 1.54) is 24.0 Å². The lowest BCUT2D eigenvalue weighted by Gasteiger charge is -2.29. The molecule has 31 heavy (non-hydrogen) atoms. The van der Waals surface area contributed by atoms with Gasteiger partial charge >= 0.3 is 0 Å². The summed E-state index contributed by atoms with van der Waals surface area (Å²) in [5.74, 6) is 3.38. The fourth-order valence-corrected chi connectivity index (χ4v) is 3.74. The SMILES string of the molecule is CCNC(=NCCN1CCc2cc(OC)c(OC)cc2C1)N(C)CCOCC1CC1.I. The minimum Gasteiger partial charge on any atom is -0.493 e. The van der Waals surface area contributed by atoms with Gasteiger partial charge < -0.3 is 24.4 Å². The van der Waals surface area contributed by atoms with Crippen LogP contribution in [0, 0.1) is 5.92 Å². The summed E-state index contributed by atoms with van der Waals surface area (Å²) in [6.45, 7) is 9.18. The van der Waals surface area contributed by atoms with E-state index in [0.29, 0.717) is 0 Å². The van der Waals surface area contributed by atoms with E-state index in [4.69, 9.17) is 19.2 Å². The van der Waals surface area contributed by atoms with Gasteiger partial charge in [0.15, 0.2) is 17.5 Å². The number of guanidine groups is 1. The molecule has 0 spiro atoms. The van der Waals surface area contributed by atoms with E-state index in [1.807, 2.05) is 0 Å². The summed E-state index contributed by atoms with van der Waals surface area (Å²) in [7, 11) is 5.46. The van der Waals surface area contributed by atoms with Crippen LogP contribution >= 0.6 is 24.0 Å². The predicted molar refractivity (Wildman–Crippen MR) is 136 cm³/mol. The Hall–Kier alpha value is -1.26. The molecular weight excluding hydrogens is 507 g/mol. The molecule has 3 rings (SSSR count). The Bertz CT molecular complexity index is 712. The van der Waals surface area contributed by atoms with E-state index in [0.717, 1.165) is 82.3 Å². The monoisotopic (exact) mass is 546 g/mol. The van der Waals surface area contributed by atoms with Crippen molar-refractivity contribution in [2.45, 2.75) is 32.7 Å². The van der Waals surface area contributed by atoms with Crippen LogP contribution < -0.4 is 14.8 Å². The summed E-state index contributed by atoms with van der Waals surface area (Å²) in [5.41, 5.74) is 2.67. The lowest BCUT2D eigenvalue weighted by atomic mass is 9.99.